The Hall–Kier alpha value is -3.51. The van der Waals surface area contributed by atoms with Gasteiger partial charge >= 0.3 is 5.56 Å². The van der Waals surface area contributed by atoms with E-state index in [1.807, 2.05) is 25.1 Å². The molecule has 0 aliphatic rings. The Labute approximate surface area is 197 Å². The van der Waals surface area contributed by atoms with Gasteiger partial charge in [0.05, 0.1) is 22.1 Å². The number of hydrogen-bond donors (Lipinski definition) is 1. The minimum Gasteiger partial charge on any atom is -0.307 e. The fourth-order valence-corrected chi connectivity index (χ4v) is 4.43. The Morgan fingerprint density at radius 3 is 2.56 bits per heavy atom. The lowest BCUT2D eigenvalue weighted by Gasteiger charge is -2.14. The first-order chi connectivity index (χ1) is 16.0. The van der Waals surface area contributed by atoms with Crippen LogP contribution in [-0.4, -0.2) is 43.3 Å². The van der Waals surface area contributed by atoms with Crippen LogP contribution in [0.4, 0.5) is 20.5 Å². The predicted octanol–water partition coefficient (Wildman–Crippen LogP) is 3.28. The molecule has 0 fully saturated rings. The van der Waals surface area contributed by atoms with E-state index in [1.54, 1.807) is 25.6 Å². The average molecular weight is 488 g/mol. The summed E-state index contributed by atoms with van der Waals surface area (Å²) in [6.45, 7) is 4.08. The third kappa shape index (κ3) is 4.46. The second kappa shape index (κ2) is 9.03. The van der Waals surface area contributed by atoms with Crippen molar-refractivity contribution in [3.8, 4) is 11.3 Å². The van der Waals surface area contributed by atoms with E-state index in [0.29, 0.717) is 23.7 Å². The van der Waals surface area contributed by atoms with E-state index in [-0.39, 0.29) is 27.4 Å². The highest BCUT2D eigenvalue weighted by Gasteiger charge is 2.19. The second-order valence-corrected chi connectivity index (χ2v) is 9.35. The zero-order valence-electron chi connectivity index (χ0n) is 19.3. The quantitative estimate of drug-likeness (QED) is 0.417. The molecular weight excluding hydrogens is 464 g/mol. The van der Waals surface area contributed by atoms with Gasteiger partial charge in [0.15, 0.2) is 11.6 Å². The summed E-state index contributed by atoms with van der Waals surface area (Å²) in [6, 6.07) is 3.98. The lowest BCUT2D eigenvalue weighted by atomic mass is 10.1. The van der Waals surface area contributed by atoms with Crippen LogP contribution >= 0.6 is 11.3 Å². The van der Waals surface area contributed by atoms with E-state index >= 15 is 0 Å². The van der Waals surface area contributed by atoms with E-state index < -0.39 is 28.0 Å². The molecule has 0 radical (unpaired) electrons. The maximum absolute atomic E-state index is 15.0. The fraction of sp³-hybridized carbons (Fsp3) is 0.318. The summed E-state index contributed by atoms with van der Waals surface area (Å²) in [5, 5.41) is 7.31. The zero-order chi connectivity index (χ0) is 24.7. The lowest BCUT2D eigenvalue weighted by molar-refractivity contribution is 0.387. The van der Waals surface area contributed by atoms with Crippen LogP contribution in [0.3, 0.4) is 0 Å². The van der Waals surface area contributed by atoms with Crippen LogP contribution in [0.5, 0.6) is 0 Å². The molecule has 1 aromatic carbocycles. The van der Waals surface area contributed by atoms with E-state index in [4.69, 9.17) is 0 Å². The number of fused-ring (bicyclic) bond motifs is 1. The summed E-state index contributed by atoms with van der Waals surface area (Å²) < 4.78 is 31.9. The molecule has 0 bridgehead atoms. The number of benzene rings is 1. The molecule has 0 amide bonds. The van der Waals surface area contributed by atoms with Crippen molar-refractivity contribution in [1.82, 2.24) is 29.2 Å². The molecule has 0 saturated heterocycles. The van der Waals surface area contributed by atoms with Gasteiger partial charge in [-0.2, -0.15) is 5.10 Å². The van der Waals surface area contributed by atoms with Gasteiger partial charge in [-0.1, -0.05) is 11.3 Å². The molecule has 0 saturated carbocycles. The molecule has 0 atom stereocenters. The summed E-state index contributed by atoms with van der Waals surface area (Å²) in [5.41, 5.74) is 0.351. The summed E-state index contributed by atoms with van der Waals surface area (Å²) in [7, 11) is 5.69. The Morgan fingerprint density at radius 2 is 1.88 bits per heavy atom. The number of aryl methyl sites for hydroxylation is 1. The van der Waals surface area contributed by atoms with Crippen LogP contribution < -0.4 is 15.6 Å². The second-order valence-electron chi connectivity index (χ2n) is 8.36. The van der Waals surface area contributed by atoms with Crippen molar-refractivity contribution in [3.05, 3.63) is 61.6 Å². The summed E-state index contributed by atoms with van der Waals surface area (Å²) >= 11 is 0.531. The first-order valence-electron chi connectivity index (χ1n) is 10.4. The number of rotatable bonds is 6. The maximum Gasteiger partial charge on any atom is 0.309 e. The average Bonchev–Trinajstić information content (AvgIpc) is 3.08. The van der Waals surface area contributed by atoms with Gasteiger partial charge in [-0.15, -0.1) is 0 Å². The van der Waals surface area contributed by atoms with Crippen molar-refractivity contribution in [2.24, 2.45) is 7.05 Å². The molecule has 34 heavy (non-hydrogen) atoms. The summed E-state index contributed by atoms with van der Waals surface area (Å²) in [5.74, 6) is -0.957. The zero-order valence-corrected chi connectivity index (χ0v) is 20.1. The van der Waals surface area contributed by atoms with E-state index in [2.05, 4.69) is 20.4 Å². The minimum atomic E-state index is -0.767. The molecule has 0 spiro atoms. The fourth-order valence-electron chi connectivity index (χ4n) is 3.64. The lowest BCUT2D eigenvalue weighted by Crippen LogP contribution is -2.33. The SMILES string of the molecule is CC(C)n1c(=O)c(=O)sc2c(F)cc(-c3nc(Nc4cc(CN(C)C)n(C)n4)ncc3F)cc21. The summed E-state index contributed by atoms with van der Waals surface area (Å²) in [4.78, 5) is 34.7. The Balaban J connectivity index is 1.80. The van der Waals surface area contributed by atoms with Crippen molar-refractivity contribution < 1.29 is 8.78 Å². The van der Waals surface area contributed by atoms with Crippen LogP contribution in [-0.2, 0) is 13.6 Å². The molecule has 178 valence electrons. The van der Waals surface area contributed by atoms with Crippen LogP contribution in [0.25, 0.3) is 21.5 Å². The molecule has 9 nitrogen and oxygen atoms in total. The first-order valence-corrected chi connectivity index (χ1v) is 11.2. The predicted molar refractivity (Wildman–Crippen MR) is 128 cm³/mol. The number of aromatic nitrogens is 5. The third-order valence-corrected chi connectivity index (χ3v) is 6.07. The Kier molecular flexibility index (Phi) is 6.28. The number of anilines is 2. The maximum atomic E-state index is 15.0. The van der Waals surface area contributed by atoms with Gasteiger partial charge in [0.2, 0.25) is 5.95 Å². The van der Waals surface area contributed by atoms with Gasteiger partial charge in [-0.05, 0) is 40.1 Å². The molecule has 3 aromatic heterocycles. The van der Waals surface area contributed by atoms with Crippen molar-refractivity contribution in [2.45, 2.75) is 26.4 Å². The van der Waals surface area contributed by atoms with Gasteiger partial charge in [0.25, 0.3) is 4.74 Å². The molecular formula is C22H23F2N7O2S. The van der Waals surface area contributed by atoms with Gasteiger partial charge in [-0.3, -0.25) is 14.3 Å². The van der Waals surface area contributed by atoms with Crippen molar-refractivity contribution in [1.29, 1.82) is 0 Å². The number of halogens is 2. The van der Waals surface area contributed by atoms with E-state index in [0.717, 1.165) is 18.0 Å². The first kappa shape index (κ1) is 23.6. The highest BCUT2D eigenvalue weighted by atomic mass is 32.1. The van der Waals surface area contributed by atoms with E-state index in [9.17, 15) is 18.4 Å². The van der Waals surface area contributed by atoms with E-state index in [1.165, 1.54) is 10.6 Å². The van der Waals surface area contributed by atoms with Gasteiger partial charge in [-0.25, -0.2) is 18.7 Å². The minimum absolute atomic E-state index is 0.0248. The molecule has 12 heteroatoms. The molecule has 0 aliphatic heterocycles. The molecule has 3 heterocycles. The number of nitrogens with zero attached hydrogens (tertiary/aromatic N) is 6. The Bertz CT molecular complexity index is 1510. The summed E-state index contributed by atoms with van der Waals surface area (Å²) in [6.07, 6.45) is 0.981. The van der Waals surface area contributed by atoms with Crippen molar-refractivity contribution in [2.75, 3.05) is 19.4 Å². The number of hydrogen-bond acceptors (Lipinski definition) is 8. The van der Waals surface area contributed by atoms with Crippen molar-refractivity contribution >= 4 is 33.3 Å². The van der Waals surface area contributed by atoms with Crippen LogP contribution in [0, 0.1) is 11.6 Å². The third-order valence-electron chi connectivity index (χ3n) is 5.10. The van der Waals surface area contributed by atoms with Gasteiger partial charge in [0, 0.05) is 31.3 Å². The molecule has 0 aliphatic carbocycles. The van der Waals surface area contributed by atoms with Gasteiger partial charge in [0.1, 0.15) is 11.5 Å². The topological polar surface area (TPSA) is 97.9 Å². The van der Waals surface area contributed by atoms with Gasteiger partial charge < -0.3 is 14.8 Å². The molecule has 0 unspecified atom stereocenters. The highest BCUT2D eigenvalue weighted by Crippen LogP contribution is 2.30. The molecule has 4 aromatic rings. The monoisotopic (exact) mass is 487 g/mol. The molecule has 4 rings (SSSR count). The van der Waals surface area contributed by atoms with Crippen LogP contribution in [0.1, 0.15) is 25.6 Å². The van der Waals surface area contributed by atoms with Crippen molar-refractivity contribution in [3.63, 3.8) is 0 Å². The molecule has 1 N–H and O–H groups in total. The highest BCUT2D eigenvalue weighted by molar-refractivity contribution is 7.16. The van der Waals surface area contributed by atoms with Crippen LogP contribution in [0.15, 0.2) is 34.0 Å². The normalized spacial score (nSPS) is 11.7. The standard InChI is InChI=1S/C22H23F2N7O2S/c1-11(2)31-16-7-12(6-14(23)19(16)34-21(33)20(31)32)18-15(24)9-25-22(27-18)26-17-8-13(10-29(3)4)30(5)28-17/h6-9,11H,10H2,1-5H3,(H,25,26,27,28). The Morgan fingerprint density at radius 1 is 1.15 bits per heavy atom. The van der Waals surface area contributed by atoms with Crippen LogP contribution in [0.2, 0.25) is 0 Å². The largest absolute Gasteiger partial charge is 0.309 e. The smallest absolute Gasteiger partial charge is 0.307 e. The number of nitrogens with one attached hydrogen (secondary N) is 1.